The molecule has 10 nitrogen and oxygen atoms in total. The monoisotopic (exact) mass is 563 g/mol. The minimum absolute atomic E-state index is 0.0750. The van der Waals surface area contributed by atoms with Crippen LogP contribution in [0.4, 0.5) is 0 Å². The number of hydrogen-bond acceptors (Lipinski definition) is 10. The van der Waals surface area contributed by atoms with Gasteiger partial charge in [-0.15, -0.1) is 0 Å². The Morgan fingerprint density at radius 3 is 2.56 bits per heavy atom. The lowest BCUT2D eigenvalue weighted by Gasteiger charge is -2.59. The number of aliphatic hydroxyl groups is 1. The van der Waals surface area contributed by atoms with Crippen molar-refractivity contribution >= 4 is 0 Å². The average molecular weight is 564 g/mol. The lowest BCUT2D eigenvalue weighted by molar-refractivity contribution is -0.0832. The minimum atomic E-state index is -0.494. The molecule has 4 aliphatic rings. The van der Waals surface area contributed by atoms with Crippen LogP contribution in [0.25, 0.3) is 0 Å². The van der Waals surface area contributed by atoms with Crippen LogP contribution >= 0.6 is 0 Å². The number of hydrogen-bond donors (Lipinski definition) is 1. The summed E-state index contributed by atoms with van der Waals surface area (Å²) < 4.78 is 35.6. The highest BCUT2D eigenvalue weighted by molar-refractivity contribution is 5.66. The summed E-state index contributed by atoms with van der Waals surface area (Å²) in [5.74, 6) is 3.30. The molecule has 6 rings (SSSR count). The summed E-state index contributed by atoms with van der Waals surface area (Å²) in [4.78, 5) is 4.50. The van der Waals surface area contributed by atoms with Crippen LogP contribution in [-0.4, -0.2) is 81.1 Å². The molecule has 1 fully saturated rings. The number of methoxy groups -OCH3 is 2. The summed E-state index contributed by atoms with van der Waals surface area (Å²) in [7, 11) is 5.32. The number of likely N-dealkylation sites (N-methyl/N-ethyl adjacent to an activating group) is 1. The Bertz CT molecular complexity index is 1420. The maximum absolute atomic E-state index is 11.0. The Hall–Kier alpha value is -3.49. The molecule has 0 aromatic heterocycles. The number of fused-ring (bicyclic) bond motifs is 9. The predicted octanol–water partition coefficient (Wildman–Crippen LogP) is 3.35. The quantitative estimate of drug-likeness (QED) is 0.380. The van der Waals surface area contributed by atoms with E-state index in [4.69, 9.17) is 28.4 Å². The van der Waals surface area contributed by atoms with Crippen molar-refractivity contribution in [2.24, 2.45) is 0 Å². The van der Waals surface area contributed by atoms with Crippen molar-refractivity contribution in [1.82, 2.24) is 9.80 Å². The zero-order chi connectivity index (χ0) is 29.0. The Labute approximate surface area is 240 Å². The first-order chi connectivity index (χ1) is 19.9. The van der Waals surface area contributed by atoms with Crippen molar-refractivity contribution in [1.29, 1.82) is 5.26 Å². The first-order valence-electron chi connectivity index (χ1n) is 13.9. The number of ether oxygens (including phenoxy) is 6. The third-order valence-electron chi connectivity index (χ3n) is 9.09. The highest BCUT2D eigenvalue weighted by atomic mass is 16.7. The minimum Gasteiger partial charge on any atom is -0.493 e. The molecule has 2 bridgehead atoms. The number of benzene rings is 2. The van der Waals surface area contributed by atoms with Crippen molar-refractivity contribution in [3.05, 3.63) is 52.1 Å². The molecule has 0 spiro atoms. The van der Waals surface area contributed by atoms with Crippen molar-refractivity contribution in [2.75, 3.05) is 48.1 Å². The molecule has 2 aromatic rings. The molecular formula is C31H37N3O7. The zero-order valence-corrected chi connectivity index (χ0v) is 24.2. The van der Waals surface area contributed by atoms with E-state index in [1.807, 2.05) is 13.8 Å². The molecule has 0 radical (unpaired) electrons. The van der Waals surface area contributed by atoms with Gasteiger partial charge in [-0.25, -0.2) is 0 Å². The fourth-order valence-corrected chi connectivity index (χ4v) is 7.58. The van der Waals surface area contributed by atoms with Crippen molar-refractivity contribution < 1.29 is 33.5 Å². The SMILES string of the molecule is C=CCOc1c(C)c2c(c3c1CC1[C@@H]4c5c(cc(C)c(OC)c5OCOC)CC([C@H](C#N)N1[C@H]3CO)N4C)OCO2. The van der Waals surface area contributed by atoms with Gasteiger partial charge in [0.25, 0.3) is 0 Å². The third kappa shape index (κ3) is 3.98. The summed E-state index contributed by atoms with van der Waals surface area (Å²) in [6.45, 7) is 8.11. The molecule has 4 heterocycles. The summed E-state index contributed by atoms with van der Waals surface area (Å²) in [6.07, 6.45) is 2.93. The Morgan fingerprint density at radius 2 is 1.88 bits per heavy atom. The summed E-state index contributed by atoms with van der Waals surface area (Å²) in [6, 6.07) is 3.36. The lowest BCUT2D eigenvalue weighted by Crippen LogP contribution is -2.68. The van der Waals surface area contributed by atoms with Crippen LogP contribution in [0.1, 0.15) is 45.5 Å². The van der Waals surface area contributed by atoms with Gasteiger partial charge in [0.2, 0.25) is 6.79 Å². The van der Waals surface area contributed by atoms with Gasteiger partial charge in [-0.05, 0) is 44.9 Å². The molecule has 41 heavy (non-hydrogen) atoms. The maximum Gasteiger partial charge on any atom is 0.231 e. The number of piperazine rings is 1. The summed E-state index contributed by atoms with van der Waals surface area (Å²) in [5.41, 5.74) is 5.78. The van der Waals surface area contributed by atoms with Gasteiger partial charge in [-0.2, -0.15) is 5.26 Å². The van der Waals surface area contributed by atoms with E-state index in [-0.39, 0.29) is 38.3 Å². The van der Waals surface area contributed by atoms with Crippen molar-refractivity contribution in [2.45, 2.75) is 56.9 Å². The van der Waals surface area contributed by atoms with Crippen LogP contribution < -0.4 is 23.7 Å². The summed E-state index contributed by atoms with van der Waals surface area (Å²) in [5, 5.41) is 21.6. The molecule has 0 amide bonds. The number of rotatable bonds is 8. The molecule has 1 N–H and O–H groups in total. The number of nitriles is 1. The average Bonchev–Trinajstić information content (AvgIpc) is 3.46. The molecule has 2 unspecified atom stereocenters. The van der Waals surface area contributed by atoms with Crippen LogP contribution in [0.5, 0.6) is 28.7 Å². The number of aryl methyl sites for hydroxylation is 1. The molecular weight excluding hydrogens is 526 g/mol. The van der Waals surface area contributed by atoms with Crippen molar-refractivity contribution in [3.63, 3.8) is 0 Å². The first-order valence-corrected chi connectivity index (χ1v) is 13.9. The van der Waals surface area contributed by atoms with Gasteiger partial charge in [0.15, 0.2) is 29.8 Å². The molecule has 1 saturated heterocycles. The van der Waals surface area contributed by atoms with Gasteiger partial charge in [0.1, 0.15) is 18.4 Å². The van der Waals surface area contributed by atoms with Crippen molar-refractivity contribution in [3.8, 4) is 34.8 Å². The van der Waals surface area contributed by atoms with E-state index in [0.717, 1.165) is 33.4 Å². The fourth-order valence-electron chi connectivity index (χ4n) is 7.58. The molecule has 0 aliphatic carbocycles. The maximum atomic E-state index is 11.0. The second kappa shape index (κ2) is 10.7. The number of nitrogens with zero attached hydrogens (tertiary/aromatic N) is 3. The van der Waals surface area contributed by atoms with Gasteiger partial charge in [-0.3, -0.25) is 9.80 Å². The molecule has 0 saturated carbocycles. The lowest BCUT2D eigenvalue weighted by atomic mass is 9.71. The van der Waals surface area contributed by atoms with Gasteiger partial charge >= 0.3 is 0 Å². The van der Waals surface area contributed by atoms with E-state index >= 15 is 0 Å². The first kappa shape index (κ1) is 27.7. The Balaban J connectivity index is 1.60. The number of aliphatic hydroxyl groups excluding tert-OH is 1. The van der Waals surface area contributed by atoms with Crippen LogP contribution in [0, 0.1) is 25.2 Å². The third-order valence-corrected chi connectivity index (χ3v) is 9.09. The molecule has 2 aromatic carbocycles. The molecule has 10 heteroatoms. The standard InChI is InChI=1S/C31H37N3O7/c1-7-8-38-28-17(3)29-31(41-15-40-29)25-19(28)11-21-26-24-18(9-16(2)27(37-6)30(24)39-14-36-5)10-20(33(26)4)22(12-32)34(21)23(25)13-35/h7,9,20-23,26,35H,1,8,10-11,13-15H2,2-6H3/t20?,21?,22-,23-,26+/m0/s1. The second-order valence-electron chi connectivity index (χ2n) is 11.1. The highest BCUT2D eigenvalue weighted by Gasteiger charge is 2.56. The molecule has 218 valence electrons. The summed E-state index contributed by atoms with van der Waals surface area (Å²) >= 11 is 0. The van der Waals surface area contributed by atoms with E-state index in [2.05, 4.69) is 35.6 Å². The van der Waals surface area contributed by atoms with E-state index < -0.39 is 12.1 Å². The van der Waals surface area contributed by atoms with Crippen LogP contribution in [-0.2, 0) is 17.6 Å². The molecule has 5 atom stereocenters. The Morgan fingerprint density at radius 1 is 1.10 bits per heavy atom. The fraction of sp³-hybridized carbons (Fsp3) is 0.516. The van der Waals surface area contributed by atoms with E-state index in [1.54, 1.807) is 20.3 Å². The highest BCUT2D eigenvalue weighted by Crippen LogP contribution is 2.58. The normalized spacial score (nSPS) is 25.9. The van der Waals surface area contributed by atoms with Gasteiger partial charge < -0.3 is 33.5 Å². The Kier molecular flexibility index (Phi) is 7.24. The van der Waals surface area contributed by atoms with Crippen LogP contribution in [0.2, 0.25) is 0 Å². The van der Waals surface area contributed by atoms with Gasteiger partial charge in [-0.1, -0.05) is 18.7 Å². The second-order valence-corrected chi connectivity index (χ2v) is 11.1. The van der Waals surface area contributed by atoms with Crippen LogP contribution in [0.15, 0.2) is 18.7 Å². The van der Waals surface area contributed by atoms with Gasteiger partial charge in [0, 0.05) is 41.4 Å². The zero-order valence-electron chi connectivity index (χ0n) is 24.2. The topological polar surface area (TPSA) is 106 Å². The van der Waals surface area contributed by atoms with E-state index in [0.29, 0.717) is 48.2 Å². The van der Waals surface area contributed by atoms with Crippen LogP contribution in [0.3, 0.4) is 0 Å². The smallest absolute Gasteiger partial charge is 0.231 e. The van der Waals surface area contributed by atoms with E-state index in [9.17, 15) is 10.4 Å². The largest absolute Gasteiger partial charge is 0.493 e. The van der Waals surface area contributed by atoms with Gasteiger partial charge in [0.05, 0.1) is 31.9 Å². The molecule has 4 aliphatic heterocycles. The van der Waals surface area contributed by atoms with E-state index in [1.165, 1.54) is 0 Å². The predicted molar refractivity (Wildman–Crippen MR) is 150 cm³/mol.